The molecule has 0 spiro atoms. The van der Waals surface area contributed by atoms with Crippen molar-refractivity contribution >= 4 is 55.6 Å². The quantitative estimate of drug-likeness (QED) is 0.353. The van der Waals surface area contributed by atoms with Crippen molar-refractivity contribution in [3.05, 3.63) is 35.7 Å². The predicted molar refractivity (Wildman–Crippen MR) is 103 cm³/mol. The molecule has 0 aliphatic heterocycles. The molecule has 0 radical (unpaired) electrons. The van der Waals surface area contributed by atoms with Gasteiger partial charge < -0.3 is 9.47 Å². The highest BCUT2D eigenvalue weighted by Gasteiger charge is 2.25. The lowest BCUT2D eigenvalue weighted by atomic mass is 10.1. The molecule has 0 bridgehead atoms. The van der Waals surface area contributed by atoms with Gasteiger partial charge in [-0.2, -0.15) is 0 Å². The third-order valence-corrected chi connectivity index (χ3v) is 4.63. The van der Waals surface area contributed by atoms with Crippen molar-refractivity contribution in [3.8, 4) is 5.75 Å². The summed E-state index contributed by atoms with van der Waals surface area (Å²) in [6.07, 6.45) is 1.46. The molecule has 3 rings (SSSR count). The molecular formula is C19H17BrN2O5. The third-order valence-electron chi connectivity index (χ3n) is 4.07. The minimum absolute atomic E-state index is 0.154. The Kier molecular flexibility index (Phi) is 5.27. The molecular weight excluding hydrogens is 416 g/mol. The number of benzene rings is 1. The van der Waals surface area contributed by atoms with Crippen LogP contribution in [0, 0.1) is 0 Å². The summed E-state index contributed by atoms with van der Waals surface area (Å²) in [6, 6.07) is 5.11. The average molecular weight is 433 g/mol. The number of carbonyl (C=O) groups excluding carboxylic acids is 3. The smallest absolute Gasteiger partial charge is 0.357 e. The molecule has 0 atom stereocenters. The van der Waals surface area contributed by atoms with Gasteiger partial charge in [-0.3, -0.25) is 14.2 Å². The molecule has 0 aliphatic carbocycles. The maximum absolute atomic E-state index is 12.3. The molecule has 1 aromatic carbocycles. The zero-order chi connectivity index (χ0) is 19.7. The van der Waals surface area contributed by atoms with E-state index < -0.39 is 11.9 Å². The number of ether oxygens (including phenoxy) is 2. The molecule has 0 amide bonds. The Bertz CT molecular complexity index is 1090. The molecule has 0 N–H and O–H groups in total. The standard InChI is InChI=1S/C19H17BrN2O5/c1-4-26-19(25)18-12(8-20)16-14(9-21-18)22(10(2)23)13-6-5-7-15(17(13)16)27-11(3)24/h5-7,9H,4,8H2,1-3H3. The van der Waals surface area contributed by atoms with Crippen molar-refractivity contribution in [3.63, 3.8) is 0 Å². The molecule has 0 aliphatic rings. The number of hydrogen-bond acceptors (Lipinski definition) is 6. The van der Waals surface area contributed by atoms with Crippen molar-refractivity contribution in [1.29, 1.82) is 0 Å². The molecule has 3 aromatic rings. The Hall–Kier alpha value is -2.74. The molecule has 140 valence electrons. The number of aromatic nitrogens is 2. The number of pyridine rings is 1. The monoisotopic (exact) mass is 432 g/mol. The molecule has 7 nitrogen and oxygen atoms in total. The second-order valence-electron chi connectivity index (χ2n) is 5.80. The second-order valence-corrected chi connectivity index (χ2v) is 6.36. The number of fused-ring (bicyclic) bond motifs is 3. The van der Waals surface area contributed by atoms with Crippen LogP contribution in [0.5, 0.6) is 5.75 Å². The third kappa shape index (κ3) is 3.21. The molecule has 27 heavy (non-hydrogen) atoms. The maximum Gasteiger partial charge on any atom is 0.357 e. The predicted octanol–water partition coefficient (Wildman–Crippen LogP) is 3.85. The Morgan fingerprint density at radius 3 is 2.48 bits per heavy atom. The van der Waals surface area contributed by atoms with Crippen LogP contribution in [0.15, 0.2) is 24.4 Å². The number of alkyl halides is 1. The minimum Gasteiger partial charge on any atom is -0.461 e. The Labute approximate surface area is 163 Å². The first kappa shape index (κ1) is 19.0. The maximum atomic E-state index is 12.3. The van der Waals surface area contributed by atoms with E-state index in [9.17, 15) is 14.4 Å². The fraction of sp³-hybridized carbons (Fsp3) is 0.263. The van der Waals surface area contributed by atoms with Crippen molar-refractivity contribution in [2.75, 3.05) is 6.61 Å². The molecule has 8 heteroatoms. The fourth-order valence-electron chi connectivity index (χ4n) is 3.16. The van der Waals surface area contributed by atoms with Crippen LogP contribution >= 0.6 is 15.9 Å². The van der Waals surface area contributed by atoms with Crippen LogP contribution in [0.3, 0.4) is 0 Å². The van der Waals surface area contributed by atoms with E-state index in [2.05, 4.69) is 20.9 Å². The molecule has 0 saturated carbocycles. The van der Waals surface area contributed by atoms with Gasteiger partial charge in [-0.25, -0.2) is 9.78 Å². The van der Waals surface area contributed by atoms with Gasteiger partial charge in [0.1, 0.15) is 5.75 Å². The van der Waals surface area contributed by atoms with Gasteiger partial charge in [0.15, 0.2) is 5.69 Å². The van der Waals surface area contributed by atoms with Gasteiger partial charge >= 0.3 is 11.9 Å². The summed E-state index contributed by atoms with van der Waals surface area (Å²) in [6.45, 7) is 4.67. The van der Waals surface area contributed by atoms with E-state index >= 15 is 0 Å². The van der Waals surface area contributed by atoms with E-state index in [1.165, 1.54) is 24.6 Å². The van der Waals surface area contributed by atoms with Crippen LogP contribution in [-0.2, 0) is 14.9 Å². The number of halogens is 1. The van der Waals surface area contributed by atoms with Gasteiger partial charge in [0.2, 0.25) is 5.91 Å². The summed E-state index contributed by atoms with van der Waals surface area (Å²) in [7, 11) is 0. The van der Waals surface area contributed by atoms with Crippen LogP contribution in [0.4, 0.5) is 0 Å². The first-order valence-corrected chi connectivity index (χ1v) is 9.40. The van der Waals surface area contributed by atoms with Gasteiger partial charge in [-0.1, -0.05) is 22.0 Å². The highest BCUT2D eigenvalue weighted by atomic mass is 79.9. The Morgan fingerprint density at radius 1 is 1.15 bits per heavy atom. The SMILES string of the molecule is CCOC(=O)c1ncc2c(c1CBr)c1c(OC(C)=O)cccc1n2C(C)=O. The van der Waals surface area contributed by atoms with E-state index in [-0.39, 0.29) is 18.2 Å². The van der Waals surface area contributed by atoms with E-state index in [0.29, 0.717) is 38.4 Å². The minimum atomic E-state index is -0.553. The molecule has 0 unspecified atom stereocenters. The topological polar surface area (TPSA) is 87.5 Å². The summed E-state index contributed by atoms with van der Waals surface area (Å²) in [5.74, 6) is -0.941. The number of nitrogens with zero attached hydrogens (tertiary/aromatic N) is 2. The summed E-state index contributed by atoms with van der Waals surface area (Å²) in [4.78, 5) is 40.5. The summed E-state index contributed by atoms with van der Waals surface area (Å²) >= 11 is 3.41. The van der Waals surface area contributed by atoms with Gasteiger partial charge in [0.25, 0.3) is 0 Å². The van der Waals surface area contributed by atoms with Crippen LogP contribution < -0.4 is 4.74 Å². The van der Waals surface area contributed by atoms with Crippen LogP contribution in [0.25, 0.3) is 21.8 Å². The number of carbonyl (C=O) groups is 3. The van der Waals surface area contributed by atoms with Crippen LogP contribution in [0.2, 0.25) is 0 Å². The highest BCUT2D eigenvalue weighted by Crippen LogP contribution is 2.39. The molecule has 2 aromatic heterocycles. The lowest BCUT2D eigenvalue weighted by molar-refractivity contribution is -0.131. The van der Waals surface area contributed by atoms with E-state index in [1.807, 2.05) is 0 Å². The highest BCUT2D eigenvalue weighted by molar-refractivity contribution is 9.08. The molecule has 2 heterocycles. The van der Waals surface area contributed by atoms with Crippen molar-refractivity contribution in [2.24, 2.45) is 0 Å². The zero-order valence-electron chi connectivity index (χ0n) is 15.0. The number of rotatable bonds is 4. The first-order valence-electron chi connectivity index (χ1n) is 8.28. The second kappa shape index (κ2) is 7.48. The summed E-state index contributed by atoms with van der Waals surface area (Å²) in [5.41, 5.74) is 1.82. The van der Waals surface area contributed by atoms with Crippen molar-refractivity contribution in [1.82, 2.24) is 9.55 Å². The lowest BCUT2D eigenvalue weighted by Gasteiger charge is -2.09. The van der Waals surface area contributed by atoms with Gasteiger partial charge in [0, 0.05) is 30.1 Å². The van der Waals surface area contributed by atoms with Gasteiger partial charge in [-0.05, 0) is 19.1 Å². The normalized spacial score (nSPS) is 11.0. The van der Waals surface area contributed by atoms with Gasteiger partial charge in [0.05, 0.1) is 29.2 Å². The van der Waals surface area contributed by atoms with Crippen molar-refractivity contribution in [2.45, 2.75) is 26.1 Å². The van der Waals surface area contributed by atoms with E-state index in [0.717, 1.165) is 0 Å². The number of hydrogen-bond donors (Lipinski definition) is 0. The fourth-order valence-corrected chi connectivity index (χ4v) is 3.71. The van der Waals surface area contributed by atoms with Crippen LogP contribution in [0.1, 0.15) is 41.6 Å². The van der Waals surface area contributed by atoms with Crippen LogP contribution in [-0.4, -0.2) is 34.0 Å². The summed E-state index contributed by atoms with van der Waals surface area (Å²) < 4.78 is 12.0. The van der Waals surface area contributed by atoms with Gasteiger partial charge in [-0.15, -0.1) is 0 Å². The molecule has 0 saturated heterocycles. The number of esters is 2. The lowest BCUT2D eigenvalue weighted by Crippen LogP contribution is -2.11. The van der Waals surface area contributed by atoms with E-state index in [1.54, 1.807) is 25.1 Å². The average Bonchev–Trinajstić information content (AvgIpc) is 2.96. The summed E-state index contributed by atoms with van der Waals surface area (Å²) in [5, 5.41) is 1.49. The van der Waals surface area contributed by atoms with E-state index in [4.69, 9.17) is 9.47 Å². The Morgan fingerprint density at radius 2 is 1.89 bits per heavy atom. The Balaban J connectivity index is 2.51. The largest absolute Gasteiger partial charge is 0.461 e. The molecule has 0 fully saturated rings. The first-order chi connectivity index (χ1) is 12.9. The zero-order valence-corrected chi connectivity index (χ0v) is 16.6. The van der Waals surface area contributed by atoms with Crippen molar-refractivity contribution < 1.29 is 23.9 Å².